The van der Waals surface area contributed by atoms with Crippen LogP contribution in [0.2, 0.25) is 0 Å². The second-order valence-electron chi connectivity index (χ2n) is 4.38. The zero-order valence-electron chi connectivity index (χ0n) is 10.9. The van der Waals surface area contributed by atoms with Crippen LogP contribution in [0.3, 0.4) is 0 Å². The average molecular weight is 332 g/mol. The van der Waals surface area contributed by atoms with Crippen molar-refractivity contribution in [2.24, 2.45) is 0 Å². The van der Waals surface area contributed by atoms with Crippen molar-refractivity contribution in [1.29, 1.82) is 0 Å². The molecule has 1 aromatic rings. The van der Waals surface area contributed by atoms with Crippen LogP contribution >= 0.6 is 15.9 Å². The first-order valence-electron chi connectivity index (χ1n) is 6.28. The summed E-state index contributed by atoms with van der Waals surface area (Å²) in [4.78, 5) is 12.3. The van der Waals surface area contributed by atoms with E-state index in [-0.39, 0.29) is 11.9 Å². The number of halogens is 1. The van der Waals surface area contributed by atoms with Crippen molar-refractivity contribution in [3.05, 3.63) is 16.4 Å². The minimum absolute atomic E-state index is 0.0363. The Kier molecular flexibility index (Phi) is 5.50. The molecular formula is C12H18BrN3O3. The number of carbonyl (C=O) groups is 1. The molecule has 1 aliphatic rings. The third-order valence-corrected chi connectivity index (χ3v) is 3.56. The summed E-state index contributed by atoms with van der Waals surface area (Å²) in [5.74, 6) is 0.0363. The lowest BCUT2D eigenvalue weighted by atomic mass is 10.1. The molecule has 1 fully saturated rings. The average Bonchev–Trinajstić information content (AvgIpc) is 2.78. The molecule has 19 heavy (non-hydrogen) atoms. The highest BCUT2D eigenvalue weighted by atomic mass is 79.9. The van der Waals surface area contributed by atoms with Gasteiger partial charge in [0.2, 0.25) is 0 Å². The van der Waals surface area contributed by atoms with Gasteiger partial charge in [-0.25, -0.2) is 0 Å². The Bertz CT molecular complexity index is 430. The molecule has 106 valence electrons. The summed E-state index contributed by atoms with van der Waals surface area (Å²) in [6.45, 7) is 3.31. The molecule has 1 saturated heterocycles. The van der Waals surface area contributed by atoms with Gasteiger partial charge < -0.3 is 14.8 Å². The van der Waals surface area contributed by atoms with Crippen molar-refractivity contribution < 1.29 is 14.3 Å². The number of nitrogens with one attached hydrogen (secondary N) is 1. The van der Waals surface area contributed by atoms with E-state index in [0.717, 1.165) is 17.6 Å². The molecule has 0 amide bonds. The molecule has 0 spiro atoms. The van der Waals surface area contributed by atoms with E-state index in [0.29, 0.717) is 31.9 Å². The number of ether oxygens (including phenoxy) is 2. The Morgan fingerprint density at radius 1 is 1.74 bits per heavy atom. The van der Waals surface area contributed by atoms with Crippen LogP contribution < -0.4 is 5.32 Å². The fourth-order valence-electron chi connectivity index (χ4n) is 2.04. The normalized spacial score (nSPS) is 19.6. The van der Waals surface area contributed by atoms with Crippen molar-refractivity contribution in [3.63, 3.8) is 0 Å². The maximum atomic E-state index is 12.3. The van der Waals surface area contributed by atoms with Crippen molar-refractivity contribution in [2.45, 2.75) is 19.1 Å². The number of methoxy groups -OCH3 is 1. The SMILES string of the molecule is COCCn1ncc(Br)c1C(=O)CC1CNCCO1. The number of Topliss-reactive ketones (excluding diaryl/α,β-unsaturated/α-hetero) is 1. The van der Waals surface area contributed by atoms with Crippen LogP contribution in [0.5, 0.6) is 0 Å². The number of ketones is 1. The summed E-state index contributed by atoms with van der Waals surface area (Å²) in [7, 11) is 1.63. The molecule has 0 aromatic carbocycles. The van der Waals surface area contributed by atoms with Gasteiger partial charge >= 0.3 is 0 Å². The zero-order chi connectivity index (χ0) is 13.7. The lowest BCUT2D eigenvalue weighted by Gasteiger charge is -2.23. The van der Waals surface area contributed by atoms with Crippen LogP contribution in [0, 0.1) is 0 Å². The van der Waals surface area contributed by atoms with Crippen molar-refractivity contribution in [1.82, 2.24) is 15.1 Å². The standard InChI is InChI=1S/C12H18BrN3O3/c1-18-5-3-16-12(10(13)8-15-16)11(17)6-9-7-14-2-4-19-9/h8-9,14H,2-7H2,1H3. The second-order valence-corrected chi connectivity index (χ2v) is 5.24. The molecular weight excluding hydrogens is 314 g/mol. The van der Waals surface area contributed by atoms with E-state index in [9.17, 15) is 4.79 Å². The van der Waals surface area contributed by atoms with E-state index >= 15 is 0 Å². The molecule has 1 atom stereocenters. The minimum atomic E-state index is -0.0566. The summed E-state index contributed by atoms with van der Waals surface area (Å²) >= 11 is 3.37. The van der Waals surface area contributed by atoms with E-state index in [1.54, 1.807) is 18.0 Å². The Morgan fingerprint density at radius 2 is 2.58 bits per heavy atom. The molecule has 6 nitrogen and oxygen atoms in total. The highest BCUT2D eigenvalue weighted by Gasteiger charge is 2.23. The maximum Gasteiger partial charge on any atom is 0.184 e. The molecule has 1 unspecified atom stereocenters. The second kappa shape index (κ2) is 7.14. The van der Waals surface area contributed by atoms with E-state index in [4.69, 9.17) is 9.47 Å². The number of aromatic nitrogens is 2. The molecule has 2 heterocycles. The highest BCUT2D eigenvalue weighted by molar-refractivity contribution is 9.10. The van der Waals surface area contributed by atoms with Crippen LogP contribution in [0.1, 0.15) is 16.9 Å². The lowest BCUT2D eigenvalue weighted by Crippen LogP contribution is -2.39. The smallest absolute Gasteiger partial charge is 0.184 e. The maximum absolute atomic E-state index is 12.3. The first-order chi connectivity index (χ1) is 9.22. The van der Waals surface area contributed by atoms with Gasteiger partial charge in [0, 0.05) is 26.6 Å². The van der Waals surface area contributed by atoms with E-state index in [1.807, 2.05) is 0 Å². The van der Waals surface area contributed by atoms with E-state index in [2.05, 4.69) is 26.3 Å². The van der Waals surface area contributed by atoms with Gasteiger partial charge in [-0.1, -0.05) is 0 Å². The monoisotopic (exact) mass is 331 g/mol. The zero-order valence-corrected chi connectivity index (χ0v) is 12.5. The number of carbonyl (C=O) groups excluding carboxylic acids is 1. The minimum Gasteiger partial charge on any atom is -0.383 e. The summed E-state index contributed by atoms with van der Waals surface area (Å²) in [6, 6.07) is 0. The first-order valence-corrected chi connectivity index (χ1v) is 7.07. The van der Waals surface area contributed by atoms with Gasteiger partial charge in [-0.2, -0.15) is 5.10 Å². The molecule has 1 aliphatic heterocycles. The van der Waals surface area contributed by atoms with Gasteiger partial charge in [0.05, 0.1) is 36.5 Å². The van der Waals surface area contributed by atoms with Crippen LogP contribution in [-0.2, 0) is 16.0 Å². The fraction of sp³-hybridized carbons (Fsp3) is 0.667. The van der Waals surface area contributed by atoms with Crippen LogP contribution in [0.25, 0.3) is 0 Å². The van der Waals surface area contributed by atoms with E-state index in [1.165, 1.54) is 0 Å². The number of morpholine rings is 1. The fourth-order valence-corrected chi connectivity index (χ4v) is 2.56. The molecule has 1 aromatic heterocycles. The molecule has 0 radical (unpaired) electrons. The summed E-state index contributed by atoms with van der Waals surface area (Å²) in [6.07, 6.45) is 1.95. The number of hydrogen-bond acceptors (Lipinski definition) is 5. The number of rotatable bonds is 6. The molecule has 1 N–H and O–H groups in total. The molecule has 7 heteroatoms. The highest BCUT2D eigenvalue weighted by Crippen LogP contribution is 2.19. The van der Waals surface area contributed by atoms with E-state index < -0.39 is 0 Å². The predicted octanol–water partition coefficient (Wildman–Crippen LogP) is 0.853. The predicted molar refractivity (Wildman–Crippen MR) is 73.4 cm³/mol. The lowest BCUT2D eigenvalue weighted by molar-refractivity contribution is 0.0237. The van der Waals surface area contributed by atoms with Gasteiger partial charge in [-0.05, 0) is 15.9 Å². The van der Waals surface area contributed by atoms with Gasteiger partial charge in [-0.3, -0.25) is 9.48 Å². The summed E-state index contributed by atoms with van der Waals surface area (Å²) < 4.78 is 13.0. The Morgan fingerprint density at radius 3 is 3.26 bits per heavy atom. The largest absolute Gasteiger partial charge is 0.383 e. The third kappa shape index (κ3) is 3.85. The molecule has 0 saturated carbocycles. The summed E-state index contributed by atoms with van der Waals surface area (Å²) in [5, 5.41) is 7.40. The number of hydrogen-bond donors (Lipinski definition) is 1. The van der Waals surface area contributed by atoms with Crippen molar-refractivity contribution in [2.75, 3.05) is 33.4 Å². The quantitative estimate of drug-likeness (QED) is 0.783. The molecule has 2 rings (SSSR count). The first kappa shape index (κ1) is 14.6. The molecule has 0 aliphatic carbocycles. The Hall–Kier alpha value is -0.760. The van der Waals surface area contributed by atoms with Crippen LogP contribution in [-0.4, -0.2) is 55.1 Å². The Labute approximate surface area is 120 Å². The van der Waals surface area contributed by atoms with Gasteiger partial charge in [0.15, 0.2) is 5.78 Å². The van der Waals surface area contributed by atoms with Crippen molar-refractivity contribution >= 4 is 21.7 Å². The third-order valence-electron chi connectivity index (χ3n) is 2.98. The molecule has 0 bridgehead atoms. The Balaban J connectivity index is 2.02. The number of nitrogens with zero attached hydrogens (tertiary/aromatic N) is 2. The van der Waals surface area contributed by atoms with Crippen LogP contribution in [0.15, 0.2) is 10.7 Å². The topological polar surface area (TPSA) is 65.4 Å². The van der Waals surface area contributed by atoms with Crippen LogP contribution in [0.4, 0.5) is 0 Å². The van der Waals surface area contributed by atoms with Gasteiger partial charge in [-0.15, -0.1) is 0 Å². The van der Waals surface area contributed by atoms with Gasteiger partial charge in [0.25, 0.3) is 0 Å². The van der Waals surface area contributed by atoms with Gasteiger partial charge in [0.1, 0.15) is 5.69 Å². The summed E-state index contributed by atoms with van der Waals surface area (Å²) in [5.41, 5.74) is 0.589. The van der Waals surface area contributed by atoms with Crippen molar-refractivity contribution in [3.8, 4) is 0 Å².